The van der Waals surface area contributed by atoms with Crippen molar-refractivity contribution in [3.05, 3.63) is 30.3 Å². The van der Waals surface area contributed by atoms with E-state index in [0.717, 1.165) is 34.8 Å². The molecule has 1 fully saturated rings. The minimum atomic E-state index is -2.51. The average molecular weight is 767 g/mol. The Morgan fingerprint density at radius 2 is 1.50 bits per heavy atom. The monoisotopic (exact) mass is 767 g/mol. The molecule has 0 aromatic heterocycles. The van der Waals surface area contributed by atoms with E-state index in [9.17, 15) is 28.8 Å². The quantitative estimate of drug-likeness (QED) is 0.103. The van der Waals surface area contributed by atoms with Gasteiger partial charge in [-0.3, -0.25) is 0 Å². The van der Waals surface area contributed by atoms with Gasteiger partial charge in [0.05, 0.1) is 0 Å². The number of hydrogen-bond acceptors (Lipinski definition) is 15. The summed E-state index contributed by atoms with van der Waals surface area (Å²) in [5.41, 5.74) is 0. The zero-order chi connectivity index (χ0) is 36.0. The molecule has 1 saturated heterocycles. The molecule has 1 aromatic rings. The van der Waals surface area contributed by atoms with Crippen LogP contribution in [-0.4, -0.2) is 114 Å². The van der Waals surface area contributed by atoms with Gasteiger partial charge in [0.1, 0.15) is 0 Å². The van der Waals surface area contributed by atoms with Gasteiger partial charge in [-0.15, -0.1) is 0 Å². The first kappa shape index (κ1) is 41.0. The van der Waals surface area contributed by atoms with Crippen LogP contribution >= 0.6 is 8.60 Å². The molecule has 1 amide bonds. The van der Waals surface area contributed by atoms with Gasteiger partial charge in [-0.1, -0.05) is 0 Å². The van der Waals surface area contributed by atoms with Crippen LogP contribution in [0.3, 0.4) is 0 Å². The normalized spacial score (nSPS) is 23.3. The summed E-state index contributed by atoms with van der Waals surface area (Å²) < 4.78 is 52.2. The third-order valence-corrected chi connectivity index (χ3v) is 10.5. The third kappa shape index (κ3) is 11.8. The van der Waals surface area contributed by atoms with E-state index in [-0.39, 0.29) is 13.2 Å². The van der Waals surface area contributed by atoms with Crippen LogP contribution < -0.4 is 9.78 Å². The summed E-state index contributed by atoms with van der Waals surface area (Å²) in [5.74, 6) is -7.57. The Morgan fingerprint density at radius 3 is 1.98 bits per heavy atom. The molecule has 0 aliphatic carbocycles. The second-order valence-corrected chi connectivity index (χ2v) is 13.8. The summed E-state index contributed by atoms with van der Waals surface area (Å²) in [4.78, 5) is 75.0. The van der Waals surface area contributed by atoms with E-state index >= 15 is 0 Å². The van der Waals surface area contributed by atoms with Crippen molar-refractivity contribution in [3.8, 4) is 0 Å². The maximum atomic E-state index is 14.1. The number of carbonyl (C=O) groups is 6. The van der Waals surface area contributed by atoms with Crippen molar-refractivity contribution in [2.75, 3.05) is 26.9 Å². The van der Waals surface area contributed by atoms with E-state index < -0.39 is 107 Å². The van der Waals surface area contributed by atoms with Crippen LogP contribution in [0.25, 0.3) is 0 Å². The minimum absolute atomic E-state index is 0.0930. The van der Waals surface area contributed by atoms with E-state index in [1.54, 1.807) is 44.2 Å². The van der Waals surface area contributed by atoms with E-state index in [1.807, 2.05) is 0 Å². The van der Waals surface area contributed by atoms with Crippen LogP contribution in [0, 0.1) is 0 Å². The van der Waals surface area contributed by atoms with Gasteiger partial charge < -0.3 is 0 Å². The average Bonchev–Trinajstić information content (AvgIpc) is 3.00. The molecular weight excluding hydrogens is 724 g/mol. The first-order valence-electron chi connectivity index (χ1n) is 14.8. The van der Waals surface area contributed by atoms with E-state index in [0.29, 0.717) is 4.46 Å². The first-order chi connectivity index (χ1) is 22.7. The van der Waals surface area contributed by atoms with Crippen molar-refractivity contribution in [2.45, 2.75) is 89.5 Å². The summed E-state index contributed by atoms with van der Waals surface area (Å²) in [6, 6.07) is 7.48. The van der Waals surface area contributed by atoms with Gasteiger partial charge in [-0.05, 0) is 0 Å². The van der Waals surface area contributed by atoms with Crippen molar-refractivity contribution in [1.29, 1.82) is 0 Å². The summed E-state index contributed by atoms with van der Waals surface area (Å²) in [6.07, 6.45) is -6.39. The fourth-order valence-electron chi connectivity index (χ4n) is 4.70. The molecule has 2 rings (SSSR count). The number of nitrogens with one attached hydrogen (secondary N) is 1. The topological polar surface area (TPSA) is 198 Å². The van der Waals surface area contributed by atoms with Crippen molar-refractivity contribution in [3.63, 3.8) is 0 Å². The number of ether oxygens (including phenoxy) is 6. The number of amides is 1. The van der Waals surface area contributed by atoms with Gasteiger partial charge >= 0.3 is 287 Å². The zero-order valence-electron chi connectivity index (χ0n) is 28.0. The Hall–Kier alpha value is -3.17. The summed E-state index contributed by atoms with van der Waals surface area (Å²) in [7, 11) is -1.27. The Bertz CT molecular complexity index is 1260. The molecule has 1 aliphatic heterocycles. The second-order valence-electron chi connectivity index (χ2n) is 10.1. The maximum absolute atomic E-state index is 14.1. The van der Waals surface area contributed by atoms with Gasteiger partial charge in [0, 0.05) is 0 Å². The van der Waals surface area contributed by atoms with Crippen LogP contribution in [0.15, 0.2) is 30.3 Å². The molecule has 7 atom stereocenters. The zero-order valence-corrected chi connectivity index (χ0v) is 30.6. The molecule has 1 aliphatic rings. The van der Waals surface area contributed by atoms with Crippen LogP contribution in [-0.2, 0) is 70.8 Å². The van der Waals surface area contributed by atoms with E-state index in [1.165, 1.54) is 6.92 Å². The van der Waals surface area contributed by atoms with Gasteiger partial charge in [0.2, 0.25) is 0 Å². The summed E-state index contributed by atoms with van der Waals surface area (Å²) >= 11 is -0.847. The van der Waals surface area contributed by atoms with Gasteiger partial charge in [-0.25, -0.2) is 0 Å². The Balaban J connectivity index is 3.02. The molecule has 0 saturated carbocycles. The Morgan fingerprint density at radius 1 is 0.896 bits per heavy atom. The van der Waals surface area contributed by atoms with E-state index in [2.05, 4.69) is 5.32 Å². The molecule has 0 radical (unpaired) electrons. The molecule has 18 heteroatoms. The molecule has 268 valence electrons. The van der Waals surface area contributed by atoms with Crippen LogP contribution in [0.5, 0.6) is 0 Å². The molecule has 16 nitrogen and oxygen atoms in total. The van der Waals surface area contributed by atoms with Crippen molar-refractivity contribution in [2.24, 2.45) is 0 Å². The van der Waals surface area contributed by atoms with E-state index in [4.69, 9.17) is 42.0 Å². The van der Waals surface area contributed by atoms with Crippen LogP contribution in [0.2, 0.25) is 4.82 Å². The van der Waals surface area contributed by atoms with Gasteiger partial charge in [0.15, 0.2) is 0 Å². The number of carbonyl (C=O) groups excluding carboxylic acids is 6. The molecule has 0 bridgehead atoms. The fraction of sp³-hybridized carbons (Fsp3) is 0.600. The molecule has 0 unspecified atom stereocenters. The van der Waals surface area contributed by atoms with Crippen molar-refractivity contribution >= 4 is 63.8 Å². The second kappa shape index (κ2) is 19.7. The Kier molecular flexibility index (Phi) is 16.9. The predicted octanol–water partition coefficient (Wildman–Crippen LogP) is 1.25. The molecule has 1 aromatic carbocycles. The number of methoxy groups -OCH3 is 1. The number of esters is 5. The third-order valence-electron chi connectivity index (χ3n) is 6.28. The number of benzene rings is 1. The molecule has 1 heterocycles. The number of hydrogen-bond donors (Lipinski definition) is 1. The molecule has 1 N–H and O–H groups in total. The first-order valence-corrected chi connectivity index (χ1v) is 17.8. The molecular formula is C30H42NO15PSe. The molecule has 48 heavy (non-hydrogen) atoms. The summed E-state index contributed by atoms with van der Waals surface area (Å²) in [5, 5.41) is 2.69. The van der Waals surface area contributed by atoms with Crippen LogP contribution in [0.4, 0.5) is 0 Å². The summed E-state index contributed by atoms with van der Waals surface area (Å²) in [6.45, 7) is 8.43. The van der Waals surface area contributed by atoms with Gasteiger partial charge in [-0.2, -0.15) is 0 Å². The standard InChI is InChI=1S/C30H42NO15PSe/c1-9-40-47(41-10-2)46-30(29(37)38-8)28(48-22-14-12-11-13-15-22)27(44-21(7)36)24(31-17(3)32)26(45-30)25(43-20(6)35)23(42-19(5)34)16-39-18(4)33/h11-15,23-28H,9-10,16H2,1-8H3,(H,31,32)/t23-,24+,25-,26-,27-,28+,30-/m1/s1. The SMILES string of the molecule is CCOP(OCC)O[C@]1(C(=O)OC)O[C@@H]([C@H](OC(C)=O)[C@@H](COC(C)=O)OC(C)=O)[C@H](NC(C)=O)[C@@H](OC(C)=O)[C@@H]1[Se]c1ccccc1. The fourth-order valence-corrected chi connectivity index (χ4v) is 8.69. The van der Waals surface area contributed by atoms with Crippen molar-refractivity contribution in [1.82, 2.24) is 5.32 Å². The number of rotatable bonds is 17. The molecule has 0 spiro atoms. The van der Waals surface area contributed by atoms with Crippen molar-refractivity contribution < 1.29 is 70.8 Å². The van der Waals surface area contributed by atoms with Crippen LogP contribution in [0.1, 0.15) is 48.5 Å². The predicted molar refractivity (Wildman–Crippen MR) is 167 cm³/mol. The Labute approximate surface area is 286 Å². The van der Waals surface area contributed by atoms with Gasteiger partial charge in [0.25, 0.3) is 0 Å².